The molecule has 0 aliphatic rings. The van der Waals surface area contributed by atoms with Gasteiger partial charge >= 0.3 is 0 Å². The number of hydrogen-bond acceptors (Lipinski definition) is 5. The second-order valence-corrected chi connectivity index (χ2v) is 9.34. The van der Waals surface area contributed by atoms with Crippen molar-refractivity contribution >= 4 is 29.0 Å². The van der Waals surface area contributed by atoms with Crippen LogP contribution in [0.5, 0.6) is 0 Å². The molecule has 29 heavy (non-hydrogen) atoms. The number of thioether (sulfide) groups is 1. The van der Waals surface area contributed by atoms with E-state index in [1.807, 2.05) is 24.4 Å². The molecule has 0 bridgehead atoms. The number of rotatable bonds is 9. The first-order valence-electron chi connectivity index (χ1n) is 9.96. The average molecular weight is 429 g/mol. The predicted octanol–water partition coefficient (Wildman–Crippen LogP) is 5.19. The summed E-state index contributed by atoms with van der Waals surface area (Å²) in [5.74, 6) is 1.82. The number of nitrogens with one attached hydrogen (secondary N) is 1. The monoisotopic (exact) mass is 428 g/mol. The quantitative estimate of drug-likeness (QED) is 0.476. The van der Waals surface area contributed by atoms with Crippen molar-refractivity contribution in [1.82, 2.24) is 20.1 Å². The lowest BCUT2D eigenvalue weighted by molar-refractivity contribution is -0.119. The lowest BCUT2D eigenvalue weighted by Gasteiger charge is -2.15. The van der Waals surface area contributed by atoms with E-state index in [0.29, 0.717) is 11.7 Å². The molecule has 1 N–H and O–H groups in total. The molecule has 0 spiro atoms. The molecule has 0 saturated carbocycles. The fourth-order valence-electron chi connectivity index (χ4n) is 3.18. The first-order chi connectivity index (χ1) is 14.0. The van der Waals surface area contributed by atoms with Crippen molar-refractivity contribution in [3.8, 4) is 10.7 Å². The highest BCUT2D eigenvalue weighted by atomic mass is 32.2. The average Bonchev–Trinajstić information content (AvgIpc) is 3.35. The summed E-state index contributed by atoms with van der Waals surface area (Å²) < 4.78 is 2.06. The van der Waals surface area contributed by atoms with E-state index in [2.05, 4.69) is 65.1 Å². The molecular weight excluding hydrogens is 400 g/mol. The second-order valence-electron chi connectivity index (χ2n) is 7.45. The van der Waals surface area contributed by atoms with Crippen LogP contribution in [0.1, 0.15) is 44.9 Å². The normalized spacial score (nSPS) is 12.3. The fraction of sp³-hybridized carbons (Fsp3) is 0.409. The van der Waals surface area contributed by atoms with Gasteiger partial charge in [0.05, 0.1) is 16.7 Å². The molecule has 1 aromatic carbocycles. The highest BCUT2D eigenvalue weighted by Crippen LogP contribution is 2.27. The zero-order chi connectivity index (χ0) is 20.8. The molecule has 7 heteroatoms. The Kier molecular flexibility index (Phi) is 7.50. The van der Waals surface area contributed by atoms with Crippen molar-refractivity contribution < 1.29 is 4.79 Å². The van der Waals surface area contributed by atoms with Crippen molar-refractivity contribution in [2.75, 3.05) is 5.75 Å². The van der Waals surface area contributed by atoms with Crippen LogP contribution in [0.15, 0.2) is 46.9 Å². The molecule has 0 aliphatic carbocycles. The van der Waals surface area contributed by atoms with Gasteiger partial charge < -0.3 is 9.88 Å². The molecular formula is C22H28N4OS2. The SMILES string of the molecule is CCn1c(SCC(=O)NC(C)c2ccc(CC(C)C)cc2)nnc1-c1cccs1. The molecule has 154 valence electrons. The number of thiophene rings is 1. The van der Waals surface area contributed by atoms with Gasteiger partial charge in [0.1, 0.15) is 0 Å². The maximum Gasteiger partial charge on any atom is 0.230 e. The molecule has 0 radical (unpaired) electrons. The summed E-state index contributed by atoms with van der Waals surface area (Å²) in [6.45, 7) is 9.29. The van der Waals surface area contributed by atoms with Crippen LogP contribution in [0.4, 0.5) is 0 Å². The summed E-state index contributed by atoms with van der Waals surface area (Å²) in [6, 6.07) is 12.5. The summed E-state index contributed by atoms with van der Waals surface area (Å²) >= 11 is 3.07. The highest BCUT2D eigenvalue weighted by molar-refractivity contribution is 7.99. The van der Waals surface area contributed by atoms with Crippen LogP contribution < -0.4 is 5.32 Å². The Balaban J connectivity index is 1.56. The number of nitrogens with zero attached hydrogens (tertiary/aromatic N) is 3. The molecule has 3 aromatic rings. The smallest absolute Gasteiger partial charge is 0.230 e. The van der Waals surface area contributed by atoms with Crippen LogP contribution >= 0.6 is 23.1 Å². The molecule has 2 heterocycles. The van der Waals surface area contributed by atoms with Crippen molar-refractivity contribution in [3.05, 3.63) is 52.9 Å². The number of carbonyl (C=O) groups is 1. The largest absolute Gasteiger partial charge is 0.349 e. The molecule has 5 nitrogen and oxygen atoms in total. The molecule has 1 amide bonds. The Morgan fingerprint density at radius 1 is 1.17 bits per heavy atom. The van der Waals surface area contributed by atoms with Crippen LogP contribution in [0.3, 0.4) is 0 Å². The minimum absolute atomic E-state index is 0.00270. The highest BCUT2D eigenvalue weighted by Gasteiger charge is 2.16. The van der Waals surface area contributed by atoms with Crippen LogP contribution in [-0.4, -0.2) is 26.4 Å². The van der Waals surface area contributed by atoms with E-state index < -0.39 is 0 Å². The van der Waals surface area contributed by atoms with Crippen molar-refractivity contribution in [2.45, 2.75) is 51.9 Å². The van der Waals surface area contributed by atoms with Crippen molar-refractivity contribution in [1.29, 1.82) is 0 Å². The molecule has 2 aromatic heterocycles. The Hall–Kier alpha value is -2.12. The maximum atomic E-state index is 12.5. The van der Waals surface area contributed by atoms with E-state index in [4.69, 9.17) is 0 Å². The van der Waals surface area contributed by atoms with Gasteiger partial charge in [0, 0.05) is 6.54 Å². The fourth-order valence-corrected chi connectivity index (χ4v) is 4.71. The van der Waals surface area contributed by atoms with Gasteiger partial charge in [-0.1, -0.05) is 55.9 Å². The number of aromatic nitrogens is 3. The summed E-state index contributed by atoms with van der Waals surface area (Å²) in [5.41, 5.74) is 2.45. The summed E-state index contributed by atoms with van der Waals surface area (Å²) in [5, 5.41) is 14.5. The molecule has 0 aliphatic heterocycles. The summed E-state index contributed by atoms with van der Waals surface area (Å²) in [6.07, 6.45) is 1.07. The zero-order valence-electron chi connectivity index (χ0n) is 17.4. The Morgan fingerprint density at radius 3 is 2.55 bits per heavy atom. The van der Waals surface area contributed by atoms with Gasteiger partial charge in [-0.05, 0) is 48.8 Å². The third-order valence-corrected chi connectivity index (χ3v) is 6.44. The number of carbonyl (C=O) groups excluding carboxylic acids is 1. The van der Waals surface area contributed by atoms with E-state index in [9.17, 15) is 4.79 Å². The van der Waals surface area contributed by atoms with Crippen LogP contribution in [0.25, 0.3) is 10.7 Å². The molecule has 1 unspecified atom stereocenters. The van der Waals surface area contributed by atoms with E-state index in [0.717, 1.165) is 34.4 Å². The maximum absolute atomic E-state index is 12.5. The Labute approximate surface area is 180 Å². The third kappa shape index (κ3) is 5.70. The predicted molar refractivity (Wildman–Crippen MR) is 121 cm³/mol. The van der Waals surface area contributed by atoms with Gasteiger partial charge in [0.15, 0.2) is 11.0 Å². The first kappa shape index (κ1) is 21.6. The molecule has 0 fully saturated rings. The van der Waals surface area contributed by atoms with Gasteiger partial charge in [-0.2, -0.15) is 0 Å². The van der Waals surface area contributed by atoms with Gasteiger partial charge in [0.25, 0.3) is 0 Å². The topological polar surface area (TPSA) is 59.8 Å². The van der Waals surface area contributed by atoms with Gasteiger partial charge in [-0.15, -0.1) is 21.5 Å². The minimum Gasteiger partial charge on any atom is -0.349 e. The van der Waals surface area contributed by atoms with E-state index >= 15 is 0 Å². The van der Waals surface area contributed by atoms with Crippen molar-refractivity contribution in [2.24, 2.45) is 5.92 Å². The zero-order valence-corrected chi connectivity index (χ0v) is 19.0. The second kappa shape index (κ2) is 10.1. The molecule has 1 atom stereocenters. The van der Waals surface area contributed by atoms with Gasteiger partial charge in [0.2, 0.25) is 5.91 Å². The number of benzene rings is 1. The van der Waals surface area contributed by atoms with Gasteiger partial charge in [-0.25, -0.2) is 0 Å². The number of hydrogen-bond donors (Lipinski definition) is 1. The lowest BCUT2D eigenvalue weighted by Crippen LogP contribution is -2.28. The Morgan fingerprint density at radius 2 is 1.93 bits per heavy atom. The van der Waals surface area contributed by atoms with Crippen LogP contribution in [0, 0.1) is 5.92 Å². The van der Waals surface area contributed by atoms with E-state index in [1.165, 1.54) is 17.3 Å². The lowest BCUT2D eigenvalue weighted by atomic mass is 10.00. The summed E-state index contributed by atoms with van der Waals surface area (Å²) in [4.78, 5) is 13.5. The van der Waals surface area contributed by atoms with Crippen molar-refractivity contribution in [3.63, 3.8) is 0 Å². The third-order valence-electron chi connectivity index (χ3n) is 4.61. The van der Waals surface area contributed by atoms with Gasteiger partial charge in [-0.3, -0.25) is 4.79 Å². The minimum atomic E-state index is -0.0260. The summed E-state index contributed by atoms with van der Waals surface area (Å²) in [7, 11) is 0. The Bertz CT molecular complexity index is 917. The first-order valence-corrected chi connectivity index (χ1v) is 11.8. The standard InChI is InChI=1S/C22H28N4OS2/c1-5-26-21(19-7-6-12-28-19)24-25-22(26)29-14-20(27)23-16(4)18-10-8-17(9-11-18)13-15(2)3/h6-12,15-16H,5,13-14H2,1-4H3,(H,23,27). The van der Waals surface area contributed by atoms with Crippen LogP contribution in [-0.2, 0) is 17.8 Å². The van der Waals surface area contributed by atoms with E-state index in [1.54, 1.807) is 11.3 Å². The molecule has 3 rings (SSSR count). The number of amides is 1. The molecule has 0 saturated heterocycles. The van der Waals surface area contributed by atoms with E-state index in [-0.39, 0.29) is 11.9 Å². The van der Waals surface area contributed by atoms with Crippen LogP contribution in [0.2, 0.25) is 0 Å².